The summed E-state index contributed by atoms with van der Waals surface area (Å²) in [5.41, 5.74) is 7.19. The summed E-state index contributed by atoms with van der Waals surface area (Å²) in [6.45, 7) is 7.54. The predicted molar refractivity (Wildman–Crippen MR) is 143 cm³/mol. The third-order valence-corrected chi connectivity index (χ3v) is 7.13. The highest BCUT2D eigenvalue weighted by molar-refractivity contribution is 6.36. The second-order valence-electron chi connectivity index (χ2n) is 9.44. The van der Waals surface area contributed by atoms with Gasteiger partial charge in [-0.3, -0.25) is 9.59 Å². The van der Waals surface area contributed by atoms with Crippen molar-refractivity contribution in [1.82, 2.24) is 15.2 Å². The molecule has 2 amide bonds. The molecule has 0 radical (unpaired) electrons. The largest absolute Gasteiger partial charge is 0.497 e. The van der Waals surface area contributed by atoms with E-state index in [1.54, 1.807) is 7.11 Å². The number of aromatic amines is 1. The molecule has 0 spiro atoms. The maximum atomic E-state index is 13.0. The van der Waals surface area contributed by atoms with E-state index in [0.717, 1.165) is 64.7 Å². The number of methoxy groups -OCH3 is 1. The molecular formula is C29H32N4O3. The van der Waals surface area contributed by atoms with Gasteiger partial charge in [0.25, 0.3) is 11.8 Å². The van der Waals surface area contributed by atoms with E-state index in [2.05, 4.69) is 20.5 Å². The minimum absolute atomic E-state index is 0.0831. The minimum atomic E-state index is -0.158. The van der Waals surface area contributed by atoms with E-state index in [1.165, 1.54) is 12.8 Å². The van der Waals surface area contributed by atoms with Crippen molar-refractivity contribution in [3.8, 4) is 16.9 Å². The molecule has 0 atom stereocenters. The zero-order valence-electron chi connectivity index (χ0n) is 21.0. The monoisotopic (exact) mass is 484 g/mol. The van der Waals surface area contributed by atoms with Crippen molar-refractivity contribution >= 4 is 29.2 Å². The number of anilines is 1. The molecule has 7 heteroatoms. The van der Waals surface area contributed by atoms with Crippen LogP contribution >= 0.6 is 0 Å². The molecule has 0 bridgehead atoms. The number of nitrogens with zero attached hydrogens (tertiary/aromatic N) is 1. The highest BCUT2D eigenvalue weighted by Crippen LogP contribution is 2.41. The number of carbonyl (C=O) groups excluding carboxylic acids is 2. The molecule has 0 unspecified atom stereocenters. The first-order chi connectivity index (χ1) is 17.5. The molecule has 3 aromatic rings. The van der Waals surface area contributed by atoms with Crippen molar-refractivity contribution in [3.05, 3.63) is 70.5 Å². The number of H-pyrrole nitrogens is 1. The number of nitrogens with one attached hydrogen (secondary N) is 3. The SMILES string of the molecule is COc1ccc(-c2cccc3c2C(=Cc2[nH]c(C)c(C(=O)NCCN4CCCC4)c2C)C(=O)N3)cc1. The van der Waals surface area contributed by atoms with Gasteiger partial charge < -0.3 is 25.3 Å². The summed E-state index contributed by atoms with van der Waals surface area (Å²) in [5, 5.41) is 6.06. The molecule has 7 nitrogen and oxygen atoms in total. The van der Waals surface area contributed by atoms with Gasteiger partial charge in [0.1, 0.15) is 5.75 Å². The van der Waals surface area contributed by atoms with Crippen molar-refractivity contribution in [2.24, 2.45) is 0 Å². The van der Waals surface area contributed by atoms with E-state index in [9.17, 15) is 9.59 Å². The van der Waals surface area contributed by atoms with Gasteiger partial charge in [-0.2, -0.15) is 0 Å². The van der Waals surface area contributed by atoms with Crippen LogP contribution in [0.15, 0.2) is 42.5 Å². The van der Waals surface area contributed by atoms with Crippen LogP contribution in [0.4, 0.5) is 5.69 Å². The number of ether oxygens (including phenoxy) is 1. The van der Waals surface area contributed by atoms with Gasteiger partial charge in [-0.25, -0.2) is 0 Å². The van der Waals surface area contributed by atoms with E-state index in [0.29, 0.717) is 17.7 Å². The Bertz CT molecular complexity index is 1330. The fourth-order valence-corrected chi connectivity index (χ4v) is 5.22. The van der Waals surface area contributed by atoms with Gasteiger partial charge in [-0.15, -0.1) is 0 Å². The van der Waals surface area contributed by atoms with Crippen LogP contribution in [-0.2, 0) is 4.79 Å². The maximum Gasteiger partial charge on any atom is 0.256 e. The van der Waals surface area contributed by atoms with Crippen LogP contribution < -0.4 is 15.4 Å². The molecule has 0 aliphatic carbocycles. The first-order valence-electron chi connectivity index (χ1n) is 12.5. The average Bonchev–Trinajstić information content (AvgIpc) is 3.58. The summed E-state index contributed by atoms with van der Waals surface area (Å²) in [6, 6.07) is 13.7. The number of amides is 2. The van der Waals surface area contributed by atoms with Crippen molar-refractivity contribution < 1.29 is 14.3 Å². The number of aromatic nitrogens is 1. The molecule has 1 fully saturated rings. The van der Waals surface area contributed by atoms with Crippen LogP contribution in [0.25, 0.3) is 22.8 Å². The molecule has 2 aromatic carbocycles. The second-order valence-corrected chi connectivity index (χ2v) is 9.44. The number of fused-ring (bicyclic) bond motifs is 1. The van der Waals surface area contributed by atoms with Crippen LogP contribution in [0.2, 0.25) is 0 Å². The zero-order chi connectivity index (χ0) is 25.2. The highest BCUT2D eigenvalue weighted by Gasteiger charge is 2.28. The number of benzene rings is 2. The van der Waals surface area contributed by atoms with Crippen molar-refractivity contribution in [3.63, 3.8) is 0 Å². The summed E-state index contributed by atoms with van der Waals surface area (Å²) in [5.74, 6) is 0.537. The number of hydrogen-bond donors (Lipinski definition) is 3. The summed E-state index contributed by atoms with van der Waals surface area (Å²) < 4.78 is 5.29. The molecule has 5 rings (SSSR count). The Hall–Kier alpha value is -3.84. The highest BCUT2D eigenvalue weighted by atomic mass is 16.5. The first kappa shape index (κ1) is 23.9. The lowest BCUT2D eigenvalue weighted by Crippen LogP contribution is -2.33. The molecule has 3 heterocycles. The Morgan fingerprint density at radius 3 is 2.58 bits per heavy atom. The Labute approximate surface area is 211 Å². The van der Waals surface area contributed by atoms with Gasteiger partial charge in [0, 0.05) is 35.7 Å². The van der Waals surface area contributed by atoms with Crippen LogP contribution in [0, 0.1) is 13.8 Å². The van der Waals surface area contributed by atoms with Gasteiger partial charge in [-0.05, 0) is 80.7 Å². The van der Waals surface area contributed by atoms with Crippen LogP contribution in [-0.4, -0.2) is 55.0 Å². The summed E-state index contributed by atoms with van der Waals surface area (Å²) in [4.78, 5) is 31.7. The Balaban J connectivity index is 1.44. The third-order valence-electron chi connectivity index (χ3n) is 7.13. The number of carbonyl (C=O) groups is 2. The lowest BCUT2D eigenvalue weighted by atomic mass is 9.94. The van der Waals surface area contributed by atoms with Gasteiger partial charge >= 0.3 is 0 Å². The standard InChI is InChI=1S/C29H32N4O3/c1-18-25(31-19(2)26(18)29(35)30-13-16-33-14-4-5-15-33)17-23-27-22(7-6-8-24(27)32-28(23)34)20-9-11-21(36-3)12-10-20/h6-12,17,31H,4-5,13-16H2,1-3H3,(H,30,35)(H,32,34). The van der Waals surface area contributed by atoms with E-state index in [-0.39, 0.29) is 11.8 Å². The van der Waals surface area contributed by atoms with Crippen LogP contribution in [0.5, 0.6) is 5.75 Å². The number of hydrogen-bond acceptors (Lipinski definition) is 4. The van der Waals surface area contributed by atoms with Gasteiger partial charge in [-0.1, -0.05) is 24.3 Å². The average molecular weight is 485 g/mol. The molecule has 2 aliphatic heterocycles. The molecule has 2 aliphatic rings. The minimum Gasteiger partial charge on any atom is -0.497 e. The fraction of sp³-hybridized carbons (Fsp3) is 0.310. The van der Waals surface area contributed by atoms with E-state index >= 15 is 0 Å². The van der Waals surface area contributed by atoms with Crippen LogP contribution in [0.3, 0.4) is 0 Å². The van der Waals surface area contributed by atoms with Crippen molar-refractivity contribution in [2.45, 2.75) is 26.7 Å². The molecule has 186 valence electrons. The lowest BCUT2D eigenvalue weighted by Gasteiger charge is -2.14. The summed E-state index contributed by atoms with van der Waals surface area (Å²) in [7, 11) is 1.64. The quantitative estimate of drug-likeness (QED) is 0.427. The first-order valence-corrected chi connectivity index (χ1v) is 12.5. The molecule has 1 aromatic heterocycles. The Morgan fingerprint density at radius 1 is 1.11 bits per heavy atom. The number of likely N-dealkylation sites (tertiary alicyclic amines) is 1. The molecule has 36 heavy (non-hydrogen) atoms. The smallest absolute Gasteiger partial charge is 0.256 e. The normalized spacial score (nSPS) is 16.3. The Morgan fingerprint density at radius 2 is 1.86 bits per heavy atom. The summed E-state index contributed by atoms with van der Waals surface area (Å²) in [6.07, 6.45) is 4.33. The van der Waals surface area contributed by atoms with Crippen molar-refractivity contribution in [1.29, 1.82) is 0 Å². The van der Waals surface area contributed by atoms with Crippen molar-refractivity contribution in [2.75, 3.05) is 38.6 Å². The van der Waals surface area contributed by atoms with E-state index < -0.39 is 0 Å². The molecular weight excluding hydrogens is 452 g/mol. The van der Waals surface area contributed by atoms with Gasteiger partial charge in [0.2, 0.25) is 0 Å². The number of rotatable bonds is 7. The fourth-order valence-electron chi connectivity index (χ4n) is 5.22. The second kappa shape index (κ2) is 10.0. The van der Waals surface area contributed by atoms with E-state index in [4.69, 9.17) is 4.74 Å². The van der Waals surface area contributed by atoms with E-state index in [1.807, 2.05) is 62.4 Å². The molecule has 3 N–H and O–H groups in total. The van der Waals surface area contributed by atoms with Gasteiger partial charge in [0.05, 0.1) is 18.2 Å². The lowest BCUT2D eigenvalue weighted by molar-refractivity contribution is -0.110. The predicted octanol–water partition coefficient (Wildman–Crippen LogP) is 4.63. The Kier molecular flexibility index (Phi) is 6.65. The zero-order valence-corrected chi connectivity index (χ0v) is 21.0. The molecule has 1 saturated heterocycles. The number of aryl methyl sites for hydroxylation is 1. The molecule has 0 saturated carbocycles. The van der Waals surface area contributed by atoms with Gasteiger partial charge in [0.15, 0.2) is 0 Å². The summed E-state index contributed by atoms with van der Waals surface area (Å²) >= 11 is 0. The van der Waals surface area contributed by atoms with Crippen LogP contribution in [0.1, 0.15) is 45.7 Å². The third kappa shape index (κ3) is 4.54. The maximum absolute atomic E-state index is 13.0. The topological polar surface area (TPSA) is 86.5 Å².